The van der Waals surface area contributed by atoms with Gasteiger partial charge in [0.15, 0.2) is 5.70 Å². The molecule has 2 aromatic carbocycles. The van der Waals surface area contributed by atoms with Crippen LogP contribution in [0.3, 0.4) is 0 Å². The van der Waals surface area contributed by atoms with Crippen LogP contribution in [0, 0.1) is 0 Å². The van der Waals surface area contributed by atoms with E-state index in [-0.39, 0.29) is 17.6 Å². The maximum absolute atomic E-state index is 12.0. The van der Waals surface area contributed by atoms with E-state index in [0.717, 1.165) is 5.56 Å². The van der Waals surface area contributed by atoms with Crippen LogP contribution in [0.2, 0.25) is 0 Å². The SMILES string of the molecule is CCOC(=O)c1ccc(/C=C2\N=C(c3ccc(OC)cc3)OC2=O)cc1. The fourth-order valence-corrected chi connectivity index (χ4v) is 2.35. The number of hydrogen-bond acceptors (Lipinski definition) is 6. The van der Waals surface area contributed by atoms with Gasteiger partial charge in [-0.3, -0.25) is 0 Å². The van der Waals surface area contributed by atoms with E-state index in [4.69, 9.17) is 14.2 Å². The van der Waals surface area contributed by atoms with Crippen molar-refractivity contribution in [2.45, 2.75) is 6.92 Å². The number of nitrogens with zero attached hydrogens (tertiary/aromatic N) is 1. The van der Waals surface area contributed by atoms with Crippen molar-refractivity contribution in [3.8, 4) is 5.75 Å². The number of benzene rings is 2. The molecule has 132 valence electrons. The van der Waals surface area contributed by atoms with Crippen molar-refractivity contribution in [3.05, 3.63) is 70.9 Å². The Balaban J connectivity index is 1.80. The highest BCUT2D eigenvalue weighted by Crippen LogP contribution is 2.21. The van der Waals surface area contributed by atoms with Gasteiger partial charge in [-0.05, 0) is 55.0 Å². The van der Waals surface area contributed by atoms with Crippen molar-refractivity contribution in [1.29, 1.82) is 0 Å². The lowest BCUT2D eigenvalue weighted by Crippen LogP contribution is -2.05. The largest absolute Gasteiger partial charge is 0.497 e. The van der Waals surface area contributed by atoms with Crippen molar-refractivity contribution in [2.24, 2.45) is 4.99 Å². The van der Waals surface area contributed by atoms with Crippen LogP contribution in [-0.2, 0) is 14.3 Å². The zero-order valence-corrected chi connectivity index (χ0v) is 14.4. The van der Waals surface area contributed by atoms with Crippen LogP contribution in [0.1, 0.15) is 28.4 Å². The number of carbonyl (C=O) groups excluding carboxylic acids is 2. The molecule has 1 aliphatic heterocycles. The van der Waals surface area contributed by atoms with Crippen LogP contribution in [0.4, 0.5) is 0 Å². The van der Waals surface area contributed by atoms with E-state index in [2.05, 4.69) is 4.99 Å². The van der Waals surface area contributed by atoms with Crippen molar-refractivity contribution >= 4 is 23.9 Å². The second kappa shape index (κ2) is 7.65. The Morgan fingerprint density at radius 3 is 2.42 bits per heavy atom. The molecule has 0 spiro atoms. The second-order valence-electron chi connectivity index (χ2n) is 5.41. The van der Waals surface area contributed by atoms with E-state index in [1.165, 1.54) is 0 Å². The molecule has 1 heterocycles. The van der Waals surface area contributed by atoms with Gasteiger partial charge >= 0.3 is 11.9 Å². The molecule has 1 aliphatic rings. The lowest BCUT2D eigenvalue weighted by molar-refractivity contribution is -0.129. The third-order valence-electron chi connectivity index (χ3n) is 3.68. The number of esters is 2. The normalized spacial score (nSPS) is 14.8. The minimum atomic E-state index is -0.523. The first kappa shape index (κ1) is 17.4. The van der Waals surface area contributed by atoms with Gasteiger partial charge in [0.1, 0.15) is 5.75 Å². The number of carbonyl (C=O) groups is 2. The summed E-state index contributed by atoms with van der Waals surface area (Å²) in [6.45, 7) is 2.07. The van der Waals surface area contributed by atoms with Crippen molar-refractivity contribution in [1.82, 2.24) is 0 Å². The predicted octanol–water partition coefficient (Wildman–Crippen LogP) is 3.22. The third-order valence-corrected chi connectivity index (χ3v) is 3.68. The van der Waals surface area contributed by atoms with Gasteiger partial charge in [-0.2, -0.15) is 0 Å². The zero-order valence-electron chi connectivity index (χ0n) is 14.4. The van der Waals surface area contributed by atoms with E-state index in [1.54, 1.807) is 68.6 Å². The Labute approximate surface area is 150 Å². The minimum Gasteiger partial charge on any atom is -0.497 e. The first-order valence-corrected chi connectivity index (χ1v) is 8.05. The Hall–Kier alpha value is -3.41. The number of aliphatic imine (C=N–C) groups is 1. The van der Waals surface area contributed by atoms with Crippen molar-refractivity contribution < 1.29 is 23.8 Å². The van der Waals surface area contributed by atoms with Gasteiger partial charge in [0, 0.05) is 5.56 Å². The molecule has 0 aliphatic carbocycles. The Morgan fingerprint density at radius 1 is 1.12 bits per heavy atom. The van der Waals surface area contributed by atoms with Crippen LogP contribution < -0.4 is 4.74 Å². The van der Waals surface area contributed by atoms with Gasteiger partial charge in [0.2, 0.25) is 5.90 Å². The number of rotatable bonds is 5. The molecule has 2 aromatic rings. The second-order valence-corrected chi connectivity index (χ2v) is 5.41. The molecule has 6 heteroatoms. The molecule has 0 saturated carbocycles. The molecule has 0 N–H and O–H groups in total. The predicted molar refractivity (Wildman–Crippen MR) is 96.0 cm³/mol. The van der Waals surface area contributed by atoms with Crippen LogP contribution in [-0.4, -0.2) is 31.6 Å². The summed E-state index contributed by atoms with van der Waals surface area (Å²) in [7, 11) is 1.58. The summed E-state index contributed by atoms with van der Waals surface area (Å²) in [5.74, 6) is 0.0419. The first-order valence-electron chi connectivity index (χ1n) is 8.05. The zero-order chi connectivity index (χ0) is 18.5. The van der Waals surface area contributed by atoms with Crippen molar-refractivity contribution in [3.63, 3.8) is 0 Å². The van der Waals surface area contributed by atoms with E-state index < -0.39 is 5.97 Å². The molecule has 0 radical (unpaired) electrons. The molecular weight excluding hydrogens is 334 g/mol. The molecule has 0 atom stereocenters. The summed E-state index contributed by atoms with van der Waals surface area (Å²) in [6.07, 6.45) is 1.60. The average molecular weight is 351 g/mol. The number of methoxy groups -OCH3 is 1. The summed E-state index contributed by atoms with van der Waals surface area (Å²) < 4.78 is 15.3. The summed E-state index contributed by atoms with van der Waals surface area (Å²) >= 11 is 0. The monoisotopic (exact) mass is 351 g/mol. The molecule has 6 nitrogen and oxygen atoms in total. The highest BCUT2D eigenvalue weighted by atomic mass is 16.6. The fourth-order valence-electron chi connectivity index (χ4n) is 2.35. The van der Waals surface area contributed by atoms with Gasteiger partial charge in [-0.1, -0.05) is 12.1 Å². The fraction of sp³-hybridized carbons (Fsp3) is 0.150. The molecule has 0 unspecified atom stereocenters. The maximum atomic E-state index is 12.0. The van der Waals surface area contributed by atoms with Crippen LogP contribution >= 0.6 is 0 Å². The van der Waals surface area contributed by atoms with Crippen LogP contribution in [0.15, 0.2) is 59.2 Å². The summed E-state index contributed by atoms with van der Waals surface area (Å²) in [5.41, 5.74) is 2.05. The highest BCUT2D eigenvalue weighted by molar-refractivity contribution is 6.12. The summed E-state index contributed by atoms with van der Waals surface area (Å²) in [5, 5.41) is 0. The molecule has 0 aromatic heterocycles. The van der Waals surface area contributed by atoms with Gasteiger partial charge in [-0.15, -0.1) is 0 Å². The topological polar surface area (TPSA) is 74.2 Å². The Bertz CT molecular complexity index is 879. The molecular formula is C20H17NO5. The molecule has 0 bridgehead atoms. The van der Waals surface area contributed by atoms with Gasteiger partial charge in [-0.25, -0.2) is 14.6 Å². The van der Waals surface area contributed by atoms with Crippen molar-refractivity contribution in [2.75, 3.05) is 13.7 Å². The highest BCUT2D eigenvalue weighted by Gasteiger charge is 2.24. The van der Waals surface area contributed by atoms with E-state index in [0.29, 0.717) is 23.5 Å². The number of cyclic esters (lactones) is 1. The first-order chi connectivity index (χ1) is 12.6. The summed E-state index contributed by atoms with van der Waals surface area (Å²) in [4.78, 5) is 27.9. The average Bonchev–Trinajstić information content (AvgIpc) is 3.03. The lowest BCUT2D eigenvalue weighted by Gasteiger charge is -2.01. The standard InChI is InChI=1S/C20H17NO5/c1-3-25-19(22)15-6-4-13(5-7-15)12-17-20(23)26-18(21-17)14-8-10-16(24-2)11-9-14/h4-12H,3H2,1-2H3/b17-12-. The lowest BCUT2D eigenvalue weighted by atomic mass is 10.1. The molecule has 0 amide bonds. The number of hydrogen-bond donors (Lipinski definition) is 0. The van der Waals surface area contributed by atoms with Gasteiger partial charge < -0.3 is 14.2 Å². The number of ether oxygens (including phenoxy) is 3. The molecule has 3 rings (SSSR count). The Kier molecular flexibility index (Phi) is 5.12. The minimum absolute atomic E-state index is 0.194. The van der Waals surface area contributed by atoms with E-state index >= 15 is 0 Å². The smallest absolute Gasteiger partial charge is 0.363 e. The van der Waals surface area contributed by atoms with Gasteiger partial charge in [0.25, 0.3) is 0 Å². The van der Waals surface area contributed by atoms with E-state index in [1.807, 2.05) is 0 Å². The van der Waals surface area contributed by atoms with Gasteiger partial charge in [0.05, 0.1) is 19.3 Å². The third kappa shape index (κ3) is 3.80. The van der Waals surface area contributed by atoms with E-state index in [9.17, 15) is 9.59 Å². The quantitative estimate of drug-likeness (QED) is 0.611. The van der Waals surface area contributed by atoms with Crippen LogP contribution in [0.25, 0.3) is 6.08 Å². The maximum Gasteiger partial charge on any atom is 0.363 e. The molecule has 0 fully saturated rings. The Morgan fingerprint density at radius 2 is 1.81 bits per heavy atom. The molecule has 26 heavy (non-hydrogen) atoms. The van der Waals surface area contributed by atoms with Crippen LogP contribution in [0.5, 0.6) is 5.75 Å². The summed E-state index contributed by atoms with van der Waals surface area (Å²) in [6, 6.07) is 13.8. The molecule has 0 saturated heterocycles.